The fourth-order valence-corrected chi connectivity index (χ4v) is 8.38. The normalized spacial score (nSPS) is 12.5. The third-order valence-corrected chi connectivity index (χ3v) is 10.7. The van der Waals surface area contributed by atoms with Crippen LogP contribution in [0.15, 0.2) is 182 Å². The topological polar surface area (TPSA) is 23.4 Å². The first-order chi connectivity index (χ1) is 25.8. The van der Waals surface area contributed by atoms with Crippen LogP contribution in [0.2, 0.25) is 0 Å². The maximum Gasteiger partial charge on any atom is 0.434 e. The Morgan fingerprint density at radius 3 is 1.77 bits per heavy atom. The van der Waals surface area contributed by atoms with Gasteiger partial charge in [-0.2, -0.15) is 0 Å². The molecule has 1 aromatic heterocycles. The molecule has 0 fully saturated rings. The number of rotatable bonds is 4. The summed E-state index contributed by atoms with van der Waals surface area (Å²) >= 11 is 0. The Labute approximate surface area is 302 Å². The van der Waals surface area contributed by atoms with Crippen molar-refractivity contribution in [1.82, 2.24) is 4.57 Å². The molecule has 11 rings (SSSR count). The summed E-state index contributed by atoms with van der Waals surface area (Å²) < 4.78 is 16.1. The smallest absolute Gasteiger partial charge is 0.434 e. The lowest BCUT2D eigenvalue weighted by atomic mass is 9.51. The zero-order chi connectivity index (χ0) is 34.2. The number of fused-ring (bicyclic) bond motifs is 7. The van der Waals surface area contributed by atoms with E-state index in [2.05, 4.69) is 187 Å². The van der Waals surface area contributed by atoms with Crippen molar-refractivity contribution in [2.75, 3.05) is 0 Å². The number of hydrogen-bond acceptors (Lipinski definition) is 2. The van der Waals surface area contributed by atoms with E-state index in [0.717, 1.165) is 61.7 Å². The highest BCUT2D eigenvalue weighted by Gasteiger charge is 2.40. The molecule has 242 valence electrons. The van der Waals surface area contributed by atoms with Crippen LogP contribution in [-0.2, 0) is 0 Å². The lowest BCUT2D eigenvalue weighted by Crippen LogP contribution is -2.53. The molecule has 2 aliphatic heterocycles. The van der Waals surface area contributed by atoms with Gasteiger partial charge in [-0.25, -0.2) is 0 Å². The minimum atomic E-state index is -0.288. The standard InChI is InChI=1S/C48H30BNO2/c1-2-13-31(14-3-1)34-15-4-5-16-35(34)32-25-27-39-40-20-12-24-45-48(40)49(52-46(39)29-32)41-28-26-33(30-47(41)51-45)36-17-6-9-21-42(36)50-43-22-10-7-18-37(43)38-19-8-11-23-44(38)50/h1-30H. The lowest BCUT2D eigenvalue weighted by Gasteiger charge is -2.33. The van der Waals surface area contributed by atoms with Crippen molar-refractivity contribution in [3.05, 3.63) is 182 Å². The van der Waals surface area contributed by atoms with Gasteiger partial charge in [-0.15, -0.1) is 0 Å². The lowest BCUT2D eigenvalue weighted by molar-refractivity contribution is 0.479. The van der Waals surface area contributed by atoms with Gasteiger partial charge in [-0.3, -0.25) is 0 Å². The Hall–Kier alpha value is -6.78. The van der Waals surface area contributed by atoms with Crippen molar-refractivity contribution in [2.45, 2.75) is 0 Å². The summed E-state index contributed by atoms with van der Waals surface area (Å²) in [6.45, 7) is -0.288. The zero-order valence-corrected chi connectivity index (χ0v) is 28.2. The molecule has 9 aromatic rings. The molecule has 8 aromatic carbocycles. The Bertz CT molecular complexity index is 2820. The SMILES string of the molecule is c1ccc(-c2ccccc2-c2ccc3c(c2)OB2c4ccc(-c5ccccc5-n5c6ccccc6c6ccccc65)cc4Oc4cccc-3c42)cc1. The van der Waals surface area contributed by atoms with Crippen molar-refractivity contribution in [3.63, 3.8) is 0 Å². The Kier molecular flexibility index (Phi) is 6.35. The van der Waals surface area contributed by atoms with Crippen LogP contribution in [0.4, 0.5) is 0 Å². The third-order valence-electron chi connectivity index (χ3n) is 10.7. The minimum Gasteiger partial charge on any atom is -0.551 e. The molecule has 3 heterocycles. The predicted molar refractivity (Wildman–Crippen MR) is 215 cm³/mol. The highest BCUT2D eigenvalue weighted by Crippen LogP contribution is 2.43. The molecule has 0 N–H and O–H groups in total. The van der Waals surface area contributed by atoms with E-state index in [1.165, 1.54) is 38.5 Å². The number of aromatic nitrogens is 1. The van der Waals surface area contributed by atoms with E-state index in [1.54, 1.807) is 0 Å². The van der Waals surface area contributed by atoms with Crippen molar-refractivity contribution in [3.8, 4) is 67.4 Å². The predicted octanol–water partition coefficient (Wildman–Crippen LogP) is 11.1. The number of benzene rings is 8. The Balaban J connectivity index is 1.02. The summed E-state index contributed by atoms with van der Waals surface area (Å²) in [6.07, 6.45) is 0. The second kappa shape index (κ2) is 11.4. The van der Waals surface area contributed by atoms with Crippen molar-refractivity contribution >= 4 is 39.6 Å². The molecule has 4 heteroatoms. The molecule has 52 heavy (non-hydrogen) atoms. The molecule has 2 aliphatic rings. The molecule has 0 saturated heterocycles. The molecule has 0 spiro atoms. The zero-order valence-electron chi connectivity index (χ0n) is 28.2. The van der Waals surface area contributed by atoms with Crippen molar-refractivity contribution in [2.24, 2.45) is 0 Å². The third kappa shape index (κ3) is 4.34. The van der Waals surface area contributed by atoms with Crippen LogP contribution >= 0.6 is 0 Å². The van der Waals surface area contributed by atoms with Gasteiger partial charge in [0.2, 0.25) is 0 Å². The Morgan fingerprint density at radius 2 is 0.981 bits per heavy atom. The average Bonchev–Trinajstić information content (AvgIpc) is 3.55. The van der Waals surface area contributed by atoms with E-state index in [1.807, 2.05) is 0 Å². The van der Waals surface area contributed by atoms with E-state index in [-0.39, 0.29) is 6.92 Å². The molecule has 0 atom stereocenters. The van der Waals surface area contributed by atoms with Crippen LogP contribution in [-0.4, -0.2) is 11.5 Å². The number of nitrogens with zero attached hydrogens (tertiary/aromatic N) is 1. The average molecular weight is 664 g/mol. The number of hydrogen-bond donors (Lipinski definition) is 0. The molecule has 3 nitrogen and oxygen atoms in total. The summed E-state index contributed by atoms with van der Waals surface area (Å²) in [7, 11) is 0. The minimum absolute atomic E-state index is 0.288. The summed E-state index contributed by atoms with van der Waals surface area (Å²) in [6, 6.07) is 64.7. The first-order valence-electron chi connectivity index (χ1n) is 17.8. The van der Waals surface area contributed by atoms with Crippen molar-refractivity contribution in [1.29, 1.82) is 0 Å². The Morgan fingerprint density at radius 1 is 0.385 bits per heavy atom. The molecule has 0 bridgehead atoms. The maximum atomic E-state index is 7.01. The summed E-state index contributed by atoms with van der Waals surface area (Å²) in [4.78, 5) is 0. The van der Waals surface area contributed by atoms with Gasteiger partial charge >= 0.3 is 6.92 Å². The second-order valence-corrected chi connectivity index (χ2v) is 13.6. The van der Waals surface area contributed by atoms with Gasteiger partial charge in [0.25, 0.3) is 0 Å². The van der Waals surface area contributed by atoms with Gasteiger partial charge in [-0.05, 0) is 69.8 Å². The monoisotopic (exact) mass is 663 g/mol. The van der Waals surface area contributed by atoms with Crippen molar-refractivity contribution < 1.29 is 9.39 Å². The van der Waals surface area contributed by atoms with Gasteiger partial charge in [0.15, 0.2) is 0 Å². The van der Waals surface area contributed by atoms with E-state index in [0.29, 0.717) is 0 Å². The van der Waals surface area contributed by atoms with E-state index < -0.39 is 0 Å². The van der Waals surface area contributed by atoms with Crippen LogP contribution in [0.5, 0.6) is 17.2 Å². The second-order valence-electron chi connectivity index (χ2n) is 13.6. The van der Waals surface area contributed by atoms with Crippen LogP contribution in [0.1, 0.15) is 0 Å². The molecule has 0 unspecified atom stereocenters. The fourth-order valence-electron chi connectivity index (χ4n) is 8.38. The maximum absolute atomic E-state index is 7.01. The largest absolute Gasteiger partial charge is 0.551 e. The first kappa shape index (κ1) is 29.0. The van der Waals surface area contributed by atoms with Crippen LogP contribution < -0.4 is 20.3 Å². The van der Waals surface area contributed by atoms with Gasteiger partial charge in [0.05, 0.1) is 16.7 Å². The molecule has 0 amide bonds. The van der Waals surface area contributed by atoms with E-state index >= 15 is 0 Å². The van der Waals surface area contributed by atoms with Gasteiger partial charge in [0, 0.05) is 32.8 Å². The molecule has 0 radical (unpaired) electrons. The molecule has 0 aliphatic carbocycles. The van der Waals surface area contributed by atoms with Gasteiger partial charge in [-0.1, -0.05) is 146 Å². The van der Waals surface area contributed by atoms with Crippen LogP contribution in [0.3, 0.4) is 0 Å². The summed E-state index contributed by atoms with van der Waals surface area (Å²) in [5.74, 6) is 2.54. The van der Waals surface area contributed by atoms with E-state index in [9.17, 15) is 0 Å². The van der Waals surface area contributed by atoms with Gasteiger partial charge in [0.1, 0.15) is 17.2 Å². The highest BCUT2D eigenvalue weighted by atomic mass is 16.5. The van der Waals surface area contributed by atoms with Crippen LogP contribution in [0, 0.1) is 0 Å². The molecule has 0 saturated carbocycles. The van der Waals surface area contributed by atoms with E-state index in [4.69, 9.17) is 9.39 Å². The number of para-hydroxylation sites is 3. The molecular formula is C48H30BNO2. The van der Waals surface area contributed by atoms with Crippen LogP contribution in [0.25, 0.3) is 72.0 Å². The quantitative estimate of drug-likeness (QED) is 0.175. The molecular weight excluding hydrogens is 633 g/mol. The number of ether oxygens (including phenoxy) is 1. The summed E-state index contributed by atoms with van der Waals surface area (Å²) in [5.41, 5.74) is 14.8. The van der Waals surface area contributed by atoms with Gasteiger partial charge < -0.3 is 14.0 Å². The first-order valence-corrected chi connectivity index (χ1v) is 17.8. The summed E-state index contributed by atoms with van der Waals surface area (Å²) in [5, 5.41) is 2.49. The fraction of sp³-hybridized carbons (Fsp3) is 0. The highest BCUT2D eigenvalue weighted by molar-refractivity contribution is 6.84.